The zero-order valence-corrected chi connectivity index (χ0v) is 19.9. The lowest BCUT2D eigenvalue weighted by molar-refractivity contribution is -0.735. The van der Waals surface area contributed by atoms with Gasteiger partial charge in [0.2, 0.25) is 5.69 Å². The van der Waals surface area contributed by atoms with E-state index in [2.05, 4.69) is 10.2 Å². The molecule has 0 aliphatic carbocycles. The first kappa shape index (κ1) is 26.3. The quantitative estimate of drug-likeness (QED) is 0.165. The third-order valence-electron chi connectivity index (χ3n) is 4.56. The molecule has 0 saturated carbocycles. The molecule has 0 fully saturated rings. The number of nitro benzene ring substituents is 2. The lowest BCUT2D eigenvalue weighted by atomic mass is 10.2. The van der Waals surface area contributed by atoms with E-state index in [4.69, 9.17) is 9.47 Å². The molecule has 0 radical (unpaired) electrons. The number of methoxy groups -OCH3 is 2. The van der Waals surface area contributed by atoms with Crippen LogP contribution in [0.1, 0.15) is 5.82 Å². The van der Waals surface area contributed by atoms with Crippen LogP contribution in [0.4, 0.5) is 11.4 Å². The molecule has 1 aromatic heterocycles. The summed E-state index contributed by atoms with van der Waals surface area (Å²) in [6.07, 6.45) is 0. The molecule has 192 valence electrons. The number of nitro groups is 2. The molecule has 2 aromatic carbocycles. The Morgan fingerprint density at radius 2 is 1.36 bits per heavy atom. The first-order valence-corrected chi connectivity index (χ1v) is 12.0. The van der Waals surface area contributed by atoms with Gasteiger partial charge in [0, 0.05) is 23.9 Å². The van der Waals surface area contributed by atoms with Crippen molar-refractivity contribution in [3.05, 3.63) is 50.3 Å². The van der Waals surface area contributed by atoms with Crippen molar-refractivity contribution in [2.24, 2.45) is 0 Å². The van der Waals surface area contributed by atoms with Crippen molar-refractivity contribution in [1.29, 1.82) is 0 Å². The third kappa shape index (κ3) is 4.77. The SMILES string of the molecule is COc1cc([N+](=O)[O-])c(S(=O)(=O)O)cc1-n1nc(C)n[n+]1-c1cc(S(=O)(=O)O)c([N+](=O)[O-])cc1OC. The van der Waals surface area contributed by atoms with E-state index in [1.807, 2.05) is 0 Å². The van der Waals surface area contributed by atoms with Crippen molar-refractivity contribution in [2.75, 3.05) is 14.2 Å². The molecule has 0 amide bonds. The van der Waals surface area contributed by atoms with Gasteiger partial charge in [0.1, 0.15) is 0 Å². The van der Waals surface area contributed by atoms with E-state index in [1.54, 1.807) is 0 Å². The summed E-state index contributed by atoms with van der Waals surface area (Å²) in [5.41, 5.74) is -2.73. The van der Waals surface area contributed by atoms with Crippen molar-refractivity contribution in [3.8, 4) is 22.9 Å². The minimum absolute atomic E-state index is 0.0300. The molecule has 1 heterocycles. The fraction of sp³-hybridized carbons (Fsp3) is 0.188. The number of benzene rings is 2. The molecule has 0 atom stereocenters. The number of aryl methyl sites for hydroxylation is 1. The Bertz CT molecular complexity index is 1510. The fourth-order valence-electron chi connectivity index (χ4n) is 3.11. The summed E-state index contributed by atoms with van der Waals surface area (Å²) in [4.78, 5) is 19.9. The second-order valence-electron chi connectivity index (χ2n) is 6.77. The number of hydrogen-bond acceptors (Lipinski definition) is 12. The fourth-order valence-corrected chi connectivity index (χ4v) is 4.42. The molecule has 0 aliphatic heterocycles. The Morgan fingerprint density at radius 3 is 1.81 bits per heavy atom. The summed E-state index contributed by atoms with van der Waals surface area (Å²) in [5.74, 6) is -0.690. The summed E-state index contributed by atoms with van der Waals surface area (Å²) >= 11 is 0. The number of nitrogens with zero attached hydrogens (tertiary/aromatic N) is 6. The largest absolute Gasteiger partial charge is 0.494 e. The topological polar surface area (TPSA) is 248 Å². The van der Waals surface area contributed by atoms with Gasteiger partial charge in [-0.1, -0.05) is 0 Å². The molecular weight excluding hydrogens is 532 g/mol. The highest BCUT2D eigenvalue weighted by molar-refractivity contribution is 7.86. The van der Waals surface area contributed by atoms with Crippen LogP contribution in [0, 0.1) is 27.2 Å². The molecule has 0 saturated heterocycles. The first-order valence-electron chi connectivity index (χ1n) is 9.15. The Morgan fingerprint density at radius 1 is 0.889 bits per heavy atom. The molecule has 18 nitrogen and oxygen atoms in total. The second kappa shape index (κ2) is 9.07. The van der Waals surface area contributed by atoms with Gasteiger partial charge in [-0.25, -0.2) is 0 Å². The molecule has 3 rings (SSSR count). The standard InChI is InChI=1S/C16H14N6O12S2/c1-8-17-19(9-6-15(35(27,28)29)11(21(23)24)4-13(9)33-2)20(18-8)10-7-16(36(30,31)32)12(22(25)26)5-14(10)34-3/h4-7H,1-3H3,(H-,27,28,29,30,31,32)/p+1. The van der Waals surface area contributed by atoms with Gasteiger partial charge in [-0.2, -0.15) is 16.8 Å². The van der Waals surface area contributed by atoms with Crippen molar-refractivity contribution in [1.82, 2.24) is 15.0 Å². The highest BCUT2D eigenvalue weighted by atomic mass is 32.2. The summed E-state index contributed by atoms with van der Waals surface area (Å²) in [6.45, 7) is 1.36. The van der Waals surface area contributed by atoms with Crippen LogP contribution in [0.5, 0.6) is 11.5 Å². The van der Waals surface area contributed by atoms with Crippen molar-refractivity contribution in [2.45, 2.75) is 16.7 Å². The smallest absolute Gasteiger partial charge is 0.306 e. The highest BCUT2D eigenvalue weighted by Crippen LogP contribution is 2.35. The maximum Gasteiger partial charge on any atom is 0.306 e. The molecule has 2 N–H and O–H groups in total. The maximum atomic E-state index is 11.8. The van der Waals surface area contributed by atoms with Crippen molar-refractivity contribution in [3.63, 3.8) is 0 Å². The van der Waals surface area contributed by atoms with Gasteiger partial charge < -0.3 is 9.47 Å². The van der Waals surface area contributed by atoms with Crippen LogP contribution in [0.2, 0.25) is 0 Å². The van der Waals surface area contributed by atoms with Crippen molar-refractivity contribution >= 4 is 31.6 Å². The summed E-state index contributed by atoms with van der Waals surface area (Å²) in [5, 5.41) is 30.8. The zero-order chi connectivity index (χ0) is 27.2. The van der Waals surface area contributed by atoms with Gasteiger partial charge in [0.05, 0.1) is 41.3 Å². The summed E-state index contributed by atoms with van der Waals surface area (Å²) < 4.78 is 76.6. The van der Waals surface area contributed by atoms with E-state index in [9.17, 15) is 46.2 Å². The van der Waals surface area contributed by atoms with Gasteiger partial charge in [0.25, 0.3) is 11.4 Å². The predicted molar refractivity (Wildman–Crippen MR) is 114 cm³/mol. The van der Waals surface area contributed by atoms with Gasteiger partial charge in [-0.15, -0.1) is 0 Å². The Kier molecular flexibility index (Phi) is 6.63. The molecule has 20 heteroatoms. The van der Waals surface area contributed by atoms with Crippen LogP contribution in [0.15, 0.2) is 34.1 Å². The number of aromatic nitrogens is 4. The minimum atomic E-state index is -5.14. The lowest BCUT2D eigenvalue weighted by Gasteiger charge is -2.10. The van der Waals surface area contributed by atoms with E-state index >= 15 is 0 Å². The molecule has 36 heavy (non-hydrogen) atoms. The summed E-state index contributed by atoms with van der Waals surface area (Å²) in [6, 6.07) is 2.68. The van der Waals surface area contributed by atoms with Gasteiger partial charge >= 0.3 is 26.1 Å². The Balaban J connectivity index is 2.47. The van der Waals surface area contributed by atoms with Crippen LogP contribution in [-0.2, 0) is 20.2 Å². The highest BCUT2D eigenvalue weighted by Gasteiger charge is 2.35. The van der Waals surface area contributed by atoms with E-state index in [-0.39, 0.29) is 28.7 Å². The van der Waals surface area contributed by atoms with E-state index in [0.29, 0.717) is 24.3 Å². The van der Waals surface area contributed by atoms with Crippen LogP contribution in [0.25, 0.3) is 11.4 Å². The Hall–Kier alpha value is -4.27. The number of rotatable bonds is 8. The van der Waals surface area contributed by atoms with Crippen LogP contribution in [0.3, 0.4) is 0 Å². The molecule has 0 spiro atoms. The van der Waals surface area contributed by atoms with Gasteiger partial charge in [-0.3, -0.25) is 29.3 Å². The second-order valence-corrected chi connectivity index (χ2v) is 9.55. The molecule has 3 aromatic rings. The van der Waals surface area contributed by atoms with Crippen molar-refractivity contribution < 1.29 is 50.1 Å². The molecule has 0 aliphatic rings. The number of ether oxygens (including phenoxy) is 2. The maximum absolute atomic E-state index is 11.8. The number of hydrogen-bond donors (Lipinski definition) is 2. The zero-order valence-electron chi connectivity index (χ0n) is 18.3. The molecule has 0 unspecified atom stereocenters. The van der Waals surface area contributed by atoms with E-state index < -0.39 is 51.2 Å². The molecule has 0 bridgehead atoms. The van der Waals surface area contributed by atoms with E-state index in [1.165, 1.54) is 6.92 Å². The molecular formula is C16H15N6O12S2+. The van der Waals surface area contributed by atoms with Gasteiger partial charge in [0.15, 0.2) is 27.0 Å². The minimum Gasteiger partial charge on any atom is -0.494 e. The van der Waals surface area contributed by atoms with E-state index in [0.717, 1.165) is 23.8 Å². The summed E-state index contributed by atoms with van der Waals surface area (Å²) in [7, 11) is -8.10. The normalized spacial score (nSPS) is 11.8. The van der Waals surface area contributed by atoms with Gasteiger partial charge in [-0.05, 0) is 9.90 Å². The Labute approximate surface area is 201 Å². The monoisotopic (exact) mass is 547 g/mol. The predicted octanol–water partition coefficient (Wildman–Crippen LogP) is 0.179. The van der Waals surface area contributed by atoms with Crippen LogP contribution >= 0.6 is 0 Å². The average Bonchev–Trinajstić information content (AvgIpc) is 3.16. The van der Waals surface area contributed by atoms with Crippen LogP contribution in [-0.4, -0.2) is 65.0 Å². The third-order valence-corrected chi connectivity index (χ3v) is 6.32. The average molecular weight is 547 g/mol. The lowest BCUT2D eigenvalue weighted by Crippen LogP contribution is -2.44. The van der Waals surface area contributed by atoms with Crippen LogP contribution < -0.4 is 14.3 Å². The number of tetrazole rings is 1. The first-order chi connectivity index (χ1) is 16.6.